The van der Waals surface area contributed by atoms with Gasteiger partial charge in [0.2, 0.25) is 5.78 Å². The van der Waals surface area contributed by atoms with Gasteiger partial charge < -0.3 is 4.57 Å². The molecule has 0 saturated heterocycles. The maximum absolute atomic E-state index is 12.9. The van der Waals surface area contributed by atoms with Crippen molar-refractivity contribution in [1.82, 2.24) is 23.1 Å². The predicted molar refractivity (Wildman–Crippen MR) is 122 cm³/mol. The fourth-order valence-electron chi connectivity index (χ4n) is 3.97. The molecule has 0 aliphatic rings. The molecular formula is C23H20ClN5O2. The molecule has 0 saturated carbocycles. The summed E-state index contributed by atoms with van der Waals surface area (Å²) < 4.78 is 6.39. The number of nitrogens with zero attached hydrogens (tertiary/aromatic N) is 5. The minimum absolute atomic E-state index is 0.367. The van der Waals surface area contributed by atoms with Gasteiger partial charge >= 0.3 is 5.69 Å². The molecule has 0 fully saturated rings. The van der Waals surface area contributed by atoms with Gasteiger partial charge in [0.05, 0.1) is 5.69 Å². The Labute approximate surface area is 182 Å². The number of aryl methyl sites for hydroxylation is 3. The molecule has 3 aromatic heterocycles. The maximum Gasteiger partial charge on any atom is 0.332 e. The normalized spacial score (nSPS) is 11.6. The number of halogens is 1. The molecule has 2 aromatic carbocycles. The monoisotopic (exact) mass is 433 g/mol. The minimum atomic E-state index is -0.396. The second kappa shape index (κ2) is 7.28. The number of fused-ring (bicyclic) bond motifs is 3. The van der Waals surface area contributed by atoms with Gasteiger partial charge in [-0.2, -0.15) is 4.98 Å². The Morgan fingerprint density at radius 2 is 1.65 bits per heavy atom. The molecule has 5 rings (SSSR count). The molecule has 0 aliphatic heterocycles. The Morgan fingerprint density at radius 1 is 0.935 bits per heavy atom. The molecule has 0 N–H and O–H groups in total. The van der Waals surface area contributed by atoms with Crippen LogP contribution in [0, 0.1) is 0 Å². The summed E-state index contributed by atoms with van der Waals surface area (Å²) in [5, 5.41) is 0.658. The quantitative estimate of drug-likeness (QED) is 0.437. The van der Waals surface area contributed by atoms with E-state index in [0.717, 1.165) is 22.2 Å². The molecule has 156 valence electrons. The van der Waals surface area contributed by atoms with Crippen molar-refractivity contribution in [3.05, 3.63) is 92.2 Å². The fourth-order valence-corrected chi connectivity index (χ4v) is 4.10. The van der Waals surface area contributed by atoms with E-state index in [1.54, 1.807) is 11.4 Å². The second-order valence-electron chi connectivity index (χ2n) is 7.57. The van der Waals surface area contributed by atoms with Crippen molar-refractivity contribution in [3.8, 4) is 11.3 Å². The van der Waals surface area contributed by atoms with E-state index in [1.165, 1.54) is 17.2 Å². The number of imidazole rings is 2. The van der Waals surface area contributed by atoms with Crippen molar-refractivity contribution in [2.75, 3.05) is 0 Å². The van der Waals surface area contributed by atoms with Crippen LogP contribution in [0.1, 0.15) is 5.56 Å². The first-order valence-electron chi connectivity index (χ1n) is 9.93. The van der Waals surface area contributed by atoms with E-state index in [0.29, 0.717) is 28.5 Å². The van der Waals surface area contributed by atoms with Crippen LogP contribution in [0.25, 0.3) is 28.2 Å². The number of rotatable bonds is 4. The van der Waals surface area contributed by atoms with Crippen molar-refractivity contribution < 1.29 is 0 Å². The minimum Gasteiger partial charge on any atom is -0.309 e. The van der Waals surface area contributed by atoms with Crippen LogP contribution in [-0.2, 0) is 27.1 Å². The zero-order chi connectivity index (χ0) is 21.7. The van der Waals surface area contributed by atoms with Gasteiger partial charge in [0.25, 0.3) is 5.56 Å². The average Bonchev–Trinajstić information content (AvgIpc) is 3.32. The third-order valence-corrected chi connectivity index (χ3v) is 5.92. The topological polar surface area (TPSA) is 66.2 Å². The first-order chi connectivity index (χ1) is 15.0. The number of benzene rings is 2. The summed E-state index contributed by atoms with van der Waals surface area (Å²) in [5.74, 6) is 0.620. The molecule has 3 heterocycles. The largest absolute Gasteiger partial charge is 0.332 e. The Morgan fingerprint density at radius 3 is 2.35 bits per heavy atom. The first-order valence-corrected chi connectivity index (χ1v) is 10.3. The van der Waals surface area contributed by atoms with Gasteiger partial charge in [-0.25, -0.2) is 4.79 Å². The summed E-state index contributed by atoms with van der Waals surface area (Å²) >= 11 is 6.09. The number of hydrogen-bond donors (Lipinski definition) is 0. The predicted octanol–water partition coefficient (Wildman–Crippen LogP) is 3.25. The Bertz CT molecular complexity index is 1540. The van der Waals surface area contributed by atoms with Gasteiger partial charge in [-0.1, -0.05) is 54.1 Å². The highest BCUT2D eigenvalue weighted by atomic mass is 35.5. The molecule has 7 nitrogen and oxygen atoms in total. The van der Waals surface area contributed by atoms with Crippen LogP contribution in [0.15, 0.2) is 70.4 Å². The molecule has 31 heavy (non-hydrogen) atoms. The molecule has 0 bridgehead atoms. The van der Waals surface area contributed by atoms with Gasteiger partial charge in [0, 0.05) is 31.9 Å². The van der Waals surface area contributed by atoms with Gasteiger partial charge in [0.15, 0.2) is 11.2 Å². The zero-order valence-electron chi connectivity index (χ0n) is 17.1. The van der Waals surface area contributed by atoms with Gasteiger partial charge in [-0.3, -0.25) is 18.3 Å². The van der Waals surface area contributed by atoms with Crippen LogP contribution >= 0.6 is 11.6 Å². The van der Waals surface area contributed by atoms with Gasteiger partial charge in [0.1, 0.15) is 0 Å². The van der Waals surface area contributed by atoms with Crippen LogP contribution in [-0.4, -0.2) is 23.1 Å². The van der Waals surface area contributed by atoms with Gasteiger partial charge in [-0.05, 0) is 29.7 Å². The number of hydrogen-bond acceptors (Lipinski definition) is 3. The standard InChI is InChI=1S/C23H20ClN5O2/c1-26-20-19(21(30)27(2)23(26)31)29-14-18(16-8-10-17(24)11-9-16)28(22(29)25-20)13-12-15-6-4-3-5-7-15/h3-11,14H,12-13H2,1-2H3. The van der Waals surface area contributed by atoms with E-state index in [-0.39, 0.29) is 5.56 Å². The highest BCUT2D eigenvalue weighted by molar-refractivity contribution is 6.30. The molecule has 0 amide bonds. The molecule has 0 unspecified atom stereocenters. The van der Waals surface area contributed by atoms with E-state index >= 15 is 0 Å². The highest BCUT2D eigenvalue weighted by Crippen LogP contribution is 2.27. The van der Waals surface area contributed by atoms with Crippen LogP contribution in [0.2, 0.25) is 5.02 Å². The Hall–Kier alpha value is -3.58. The van der Waals surface area contributed by atoms with E-state index in [2.05, 4.69) is 16.7 Å². The molecule has 5 aromatic rings. The Kier molecular flexibility index (Phi) is 4.55. The van der Waals surface area contributed by atoms with Crippen molar-refractivity contribution in [2.24, 2.45) is 14.1 Å². The third kappa shape index (κ3) is 3.09. The van der Waals surface area contributed by atoms with E-state index in [4.69, 9.17) is 16.6 Å². The maximum atomic E-state index is 12.9. The Balaban J connectivity index is 1.77. The summed E-state index contributed by atoms with van der Waals surface area (Å²) in [6.07, 6.45) is 2.71. The van der Waals surface area contributed by atoms with Crippen molar-refractivity contribution in [2.45, 2.75) is 13.0 Å². The lowest BCUT2D eigenvalue weighted by Crippen LogP contribution is -2.37. The van der Waals surface area contributed by atoms with Gasteiger partial charge in [-0.15, -0.1) is 0 Å². The van der Waals surface area contributed by atoms with Crippen molar-refractivity contribution in [3.63, 3.8) is 0 Å². The second-order valence-corrected chi connectivity index (χ2v) is 8.00. The summed E-state index contributed by atoms with van der Waals surface area (Å²) in [7, 11) is 3.11. The fraction of sp³-hybridized carbons (Fsp3) is 0.174. The van der Waals surface area contributed by atoms with Crippen LogP contribution < -0.4 is 11.2 Å². The van der Waals surface area contributed by atoms with Crippen molar-refractivity contribution in [1.29, 1.82) is 0 Å². The lowest BCUT2D eigenvalue weighted by molar-refractivity contribution is 0.706. The molecule has 0 atom stereocenters. The molecular weight excluding hydrogens is 414 g/mol. The summed E-state index contributed by atoms with van der Waals surface area (Å²) in [6.45, 7) is 0.663. The van der Waals surface area contributed by atoms with Crippen molar-refractivity contribution >= 4 is 28.5 Å². The smallest absolute Gasteiger partial charge is 0.309 e. The summed E-state index contributed by atoms with van der Waals surface area (Å²) in [4.78, 5) is 30.0. The van der Waals surface area contributed by atoms with E-state index < -0.39 is 5.69 Å². The van der Waals surface area contributed by atoms with E-state index in [9.17, 15) is 9.59 Å². The molecule has 8 heteroatoms. The number of aromatic nitrogens is 5. The zero-order valence-corrected chi connectivity index (χ0v) is 17.9. The van der Waals surface area contributed by atoms with Crippen LogP contribution in [0.4, 0.5) is 0 Å². The molecule has 0 aliphatic carbocycles. The van der Waals surface area contributed by atoms with Crippen LogP contribution in [0.5, 0.6) is 0 Å². The average molecular weight is 434 g/mol. The molecule has 0 radical (unpaired) electrons. The highest BCUT2D eigenvalue weighted by Gasteiger charge is 2.20. The van der Waals surface area contributed by atoms with E-state index in [1.807, 2.05) is 48.7 Å². The van der Waals surface area contributed by atoms with Crippen LogP contribution in [0.3, 0.4) is 0 Å². The molecule has 0 spiro atoms. The lowest BCUT2D eigenvalue weighted by atomic mass is 10.1. The summed E-state index contributed by atoms with van der Waals surface area (Å²) in [6, 6.07) is 17.8. The SMILES string of the molecule is Cn1c(=O)c2c(nc3n(CCc4ccccc4)c(-c4ccc(Cl)cc4)cn23)n(C)c1=O. The third-order valence-electron chi connectivity index (χ3n) is 5.66. The summed E-state index contributed by atoms with van der Waals surface area (Å²) in [5.41, 5.74) is 3.09. The lowest BCUT2D eigenvalue weighted by Gasteiger charge is -2.09. The first kappa shape index (κ1) is 19.4.